The minimum Gasteiger partial charge on any atom is -0.465 e. The van der Waals surface area contributed by atoms with Crippen LogP contribution in [0, 0.1) is 20.7 Å². The fourth-order valence-corrected chi connectivity index (χ4v) is 1.53. The molecule has 5 heteroatoms. The zero-order chi connectivity index (χ0) is 10.7. The van der Waals surface area contributed by atoms with Crippen LogP contribution in [0.4, 0.5) is 4.39 Å². The van der Waals surface area contributed by atoms with Gasteiger partial charge in [-0.3, -0.25) is 0 Å². The molecule has 72 valence electrons. The third-order valence-electron chi connectivity index (χ3n) is 1.60. The van der Waals surface area contributed by atoms with Crippen LogP contribution in [0.25, 0.3) is 0 Å². The fourth-order valence-electron chi connectivity index (χ4n) is 0.963. The zero-order valence-electron chi connectivity index (χ0n) is 7.17. The highest BCUT2D eigenvalue weighted by Gasteiger charge is 2.19. The number of methoxy groups -OCH3 is 1. The van der Waals surface area contributed by atoms with Gasteiger partial charge in [-0.05, 0) is 34.7 Å². The highest BCUT2D eigenvalue weighted by Crippen LogP contribution is 2.20. The number of rotatable bonds is 1. The number of halogens is 2. The molecule has 0 spiro atoms. The van der Waals surface area contributed by atoms with Crippen LogP contribution in [-0.4, -0.2) is 13.1 Å². The van der Waals surface area contributed by atoms with Crippen LogP contribution in [0.15, 0.2) is 12.1 Å². The van der Waals surface area contributed by atoms with Gasteiger partial charge in [-0.1, -0.05) is 0 Å². The van der Waals surface area contributed by atoms with Crippen LogP contribution in [0.3, 0.4) is 0 Å². The Hall–Kier alpha value is -1.16. The number of hydrogen-bond acceptors (Lipinski definition) is 3. The average Bonchev–Trinajstić information content (AvgIpc) is 2.19. The Balaban J connectivity index is 3.47. The number of hydrogen-bond donors (Lipinski definition) is 0. The summed E-state index contributed by atoms with van der Waals surface area (Å²) in [6, 6.07) is 4.34. The minimum atomic E-state index is -0.836. The van der Waals surface area contributed by atoms with Crippen LogP contribution in [0.1, 0.15) is 15.9 Å². The summed E-state index contributed by atoms with van der Waals surface area (Å²) in [5.74, 6) is -1.58. The molecule has 0 bridgehead atoms. The van der Waals surface area contributed by atoms with Crippen LogP contribution < -0.4 is 0 Å². The van der Waals surface area contributed by atoms with E-state index in [1.165, 1.54) is 6.07 Å². The van der Waals surface area contributed by atoms with Crippen molar-refractivity contribution >= 4 is 28.6 Å². The smallest absolute Gasteiger partial charge is 0.342 e. The molecular weight excluding hydrogens is 300 g/mol. The van der Waals surface area contributed by atoms with Gasteiger partial charge in [0.2, 0.25) is 0 Å². The molecule has 0 aliphatic rings. The van der Waals surface area contributed by atoms with Crippen molar-refractivity contribution in [3.63, 3.8) is 0 Å². The maximum Gasteiger partial charge on any atom is 0.342 e. The Morgan fingerprint density at radius 2 is 2.29 bits per heavy atom. The third-order valence-corrected chi connectivity index (χ3v) is 2.50. The summed E-state index contributed by atoms with van der Waals surface area (Å²) in [5, 5.41) is 8.74. The van der Waals surface area contributed by atoms with E-state index >= 15 is 0 Å². The van der Waals surface area contributed by atoms with E-state index < -0.39 is 11.8 Å². The van der Waals surface area contributed by atoms with Gasteiger partial charge in [0.25, 0.3) is 0 Å². The van der Waals surface area contributed by atoms with Crippen molar-refractivity contribution in [1.29, 1.82) is 5.26 Å². The lowest BCUT2D eigenvalue weighted by atomic mass is 10.1. The van der Waals surface area contributed by atoms with Crippen molar-refractivity contribution < 1.29 is 13.9 Å². The van der Waals surface area contributed by atoms with Crippen molar-refractivity contribution in [3.8, 4) is 6.07 Å². The first-order valence-corrected chi connectivity index (χ1v) is 4.66. The summed E-state index contributed by atoms with van der Waals surface area (Å²) in [6.07, 6.45) is 0. The van der Waals surface area contributed by atoms with Crippen molar-refractivity contribution in [1.82, 2.24) is 0 Å². The van der Waals surface area contributed by atoms with E-state index in [2.05, 4.69) is 4.74 Å². The molecule has 0 aliphatic heterocycles. The maximum atomic E-state index is 13.2. The Morgan fingerprint density at radius 1 is 1.64 bits per heavy atom. The van der Waals surface area contributed by atoms with Crippen molar-refractivity contribution in [2.45, 2.75) is 0 Å². The highest BCUT2D eigenvalue weighted by molar-refractivity contribution is 14.1. The number of ether oxygens (including phenoxy) is 1. The summed E-state index contributed by atoms with van der Waals surface area (Å²) < 4.78 is 18.1. The van der Waals surface area contributed by atoms with E-state index in [9.17, 15) is 9.18 Å². The number of carbonyl (C=O) groups excluding carboxylic acids is 1. The van der Waals surface area contributed by atoms with Crippen molar-refractivity contribution in [2.75, 3.05) is 7.11 Å². The van der Waals surface area contributed by atoms with Gasteiger partial charge in [-0.25, -0.2) is 9.18 Å². The Morgan fingerprint density at radius 3 is 2.79 bits per heavy atom. The first-order valence-electron chi connectivity index (χ1n) is 3.58. The molecule has 0 unspecified atom stereocenters. The Kier molecular flexibility index (Phi) is 3.41. The predicted octanol–water partition coefficient (Wildman–Crippen LogP) is 2.09. The fraction of sp³-hybridized carbons (Fsp3) is 0.111. The van der Waals surface area contributed by atoms with Gasteiger partial charge < -0.3 is 4.74 Å². The van der Waals surface area contributed by atoms with E-state index in [0.717, 1.165) is 13.2 Å². The van der Waals surface area contributed by atoms with Crippen molar-refractivity contribution in [3.05, 3.63) is 32.6 Å². The molecule has 0 N–H and O–H groups in total. The molecule has 0 amide bonds. The molecule has 0 heterocycles. The molecule has 0 saturated heterocycles. The predicted molar refractivity (Wildman–Crippen MR) is 55.2 cm³/mol. The average molecular weight is 305 g/mol. The number of nitrogens with zero attached hydrogens (tertiary/aromatic N) is 1. The van der Waals surface area contributed by atoms with E-state index in [1.807, 2.05) is 22.6 Å². The van der Waals surface area contributed by atoms with E-state index in [1.54, 1.807) is 6.07 Å². The molecule has 14 heavy (non-hydrogen) atoms. The molecule has 1 aromatic rings. The standard InChI is InChI=1S/C9H5FINO2/c1-14-9(13)8-5(4-12)7(11)3-2-6(8)10/h2-3H,1H3. The van der Waals surface area contributed by atoms with Gasteiger partial charge in [0.05, 0.1) is 12.7 Å². The van der Waals surface area contributed by atoms with Gasteiger partial charge in [0, 0.05) is 3.57 Å². The van der Waals surface area contributed by atoms with E-state index in [-0.39, 0.29) is 11.1 Å². The molecule has 0 aromatic heterocycles. The van der Waals surface area contributed by atoms with Crippen LogP contribution in [-0.2, 0) is 4.74 Å². The highest BCUT2D eigenvalue weighted by atomic mass is 127. The SMILES string of the molecule is COC(=O)c1c(F)ccc(I)c1C#N. The largest absolute Gasteiger partial charge is 0.465 e. The molecule has 0 atom stereocenters. The topological polar surface area (TPSA) is 50.1 Å². The van der Waals surface area contributed by atoms with Gasteiger partial charge in [0.15, 0.2) is 0 Å². The lowest BCUT2D eigenvalue weighted by molar-refractivity contribution is 0.0595. The summed E-state index contributed by atoms with van der Waals surface area (Å²) in [5.41, 5.74) is -0.292. The normalized spacial score (nSPS) is 9.29. The van der Waals surface area contributed by atoms with Gasteiger partial charge >= 0.3 is 5.97 Å². The second kappa shape index (κ2) is 4.37. The van der Waals surface area contributed by atoms with Crippen LogP contribution >= 0.6 is 22.6 Å². The Labute approximate surface area is 93.6 Å². The monoisotopic (exact) mass is 305 g/mol. The second-order valence-corrected chi connectivity index (χ2v) is 3.54. The second-order valence-electron chi connectivity index (χ2n) is 2.38. The summed E-state index contributed by atoms with van der Waals surface area (Å²) >= 11 is 1.86. The number of benzene rings is 1. The molecule has 0 saturated carbocycles. The third kappa shape index (κ3) is 1.85. The first kappa shape index (κ1) is 10.9. The van der Waals surface area contributed by atoms with E-state index in [0.29, 0.717) is 3.57 Å². The molecule has 0 fully saturated rings. The zero-order valence-corrected chi connectivity index (χ0v) is 9.33. The first-order chi connectivity index (χ1) is 6.61. The van der Waals surface area contributed by atoms with E-state index in [4.69, 9.17) is 5.26 Å². The summed E-state index contributed by atoms with van der Waals surface area (Å²) in [4.78, 5) is 11.1. The lowest BCUT2D eigenvalue weighted by Gasteiger charge is -2.04. The summed E-state index contributed by atoms with van der Waals surface area (Å²) in [6.45, 7) is 0. The molecule has 1 aromatic carbocycles. The lowest BCUT2D eigenvalue weighted by Crippen LogP contribution is -2.08. The Bertz CT molecular complexity index is 426. The van der Waals surface area contributed by atoms with Gasteiger partial charge in [-0.2, -0.15) is 5.26 Å². The quantitative estimate of drug-likeness (QED) is 0.590. The van der Waals surface area contributed by atoms with Crippen LogP contribution in [0.5, 0.6) is 0 Å². The van der Waals surface area contributed by atoms with Gasteiger partial charge in [-0.15, -0.1) is 0 Å². The molecule has 0 radical (unpaired) electrons. The van der Waals surface area contributed by atoms with Crippen molar-refractivity contribution in [2.24, 2.45) is 0 Å². The number of carbonyl (C=O) groups is 1. The minimum absolute atomic E-state index is 0.0115. The van der Waals surface area contributed by atoms with Crippen LogP contribution in [0.2, 0.25) is 0 Å². The summed E-state index contributed by atoms with van der Waals surface area (Å²) in [7, 11) is 1.14. The van der Waals surface area contributed by atoms with Gasteiger partial charge in [0.1, 0.15) is 17.4 Å². The molecular formula is C9H5FINO2. The number of nitriles is 1. The molecule has 3 nitrogen and oxygen atoms in total. The number of esters is 1. The molecule has 0 aliphatic carbocycles. The maximum absolute atomic E-state index is 13.2. The molecule has 1 rings (SSSR count).